The molecule has 0 unspecified atom stereocenters. The van der Waals surface area contributed by atoms with Crippen LogP contribution in [0.5, 0.6) is 0 Å². The van der Waals surface area contributed by atoms with Crippen LogP contribution in [-0.4, -0.2) is 57.2 Å². The maximum absolute atomic E-state index is 12.1. The van der Waals surface area contributed by atoms with E-state index in [0.717, 1.165) is 19.5 Å². The van der Waals surface area contributed by atoms with Gasteiger partial charge in [-0.05, 0) is 13.3 Å². The van der Waals surface area contributed by atoms with Crippen molar-refractivity contribution in [2.75, 3.05) is 38.5 Å². The van der Waals surface area contributed by atoms with Crippen LogP contribution in [-0.2, 0) is 10.0 Å². The Morgan fingerprint density at radius 1 is 1.05 bits per heavy atom. The van der Waals surface area contributed by atoms with Gasteiger partial charge in [0.15, 0.2) is 5.96 Å². The molecule has 0 fully saturated rings. The maximum atomic E-state index is 12.1. The Balaban J connectivity index is 0. The highest BCUT2D eigenvalue weighted by molar-refractivity contribution is 14.0. The van der Waals surface area contributed by atoms with Gasteiger partial charge in [0.2, 0.25) is 10.0 Å². The highest BCUT2D eigenvalue weighted by atomic mass is 127. The third-order valence-corrected chi connectivity index (χ3v) is 5.15. The molecule has 0 aromatic heterocycles. The van der Waals surface area contributed by atoms with E-state index in [0.29, 0.717) is 25.6 Å². The SMILES string of the molecule is CCCCCN=C(NCC)NCCS(=O)(=O)N(CC)CC.I. The zero-order valence-electron chi connectivity index (χ0n) is 14.4. The standard InChI is InChI=1S/C14H32N4O2S.HI/c1-5-9-10-11-16-14(15-6-2)17-12-13-21(19,20)18(7-3)8-4;/h5-13H2,1-4H3,(H2,15,16,17);1H. The smallest absolute Gasteiger partial charge is 0.215 e. The largest absolute Gasteiger partial charge is 0.357 e. The van der Waals surface area contributed by atoms with Crippen molar-refractivity contribution in [1.82, 2.24) is 14.9 Å². The number of sulfonamides is 1. The first-order valence-corrected chi connectivity index (χ1v) is 9.62. The number of guanidine groups is 1. The van der Waals surface area contributed by atoms with Crippen molar-refractivity contribution in [2.24, 2.45) is 4.99 Å². The van der Waals surface area contributed by atoms with E-state index in [-0.39, 0.29) is 29.7 Å². The molecule has 0 heterocycles. The molecule has 0 atom stereocenters. The second-order valence-corrected chi connectivity index (χ2v) is 6.88. The van der Waals surface area contributed by atoms with E-state index < -0.39 is 10.0 Å². The van der Waals surface area contributed by atoms with Crippen molar-refractivity contribution in [1.29, 1.82) is 0 Å². The number of halogens is 1. The average molecular weight is 448 g/mol. The van der Waals surface area contributed by atoms with E-state index in [1.165, 1.54) is 17.1 Å². The van der Waals surface area contributed by atoms with E-state index in [1.807, 2.05) is 20.8 Å². The average Bonchev–Trinajstić information content (AvgIpc) is 2.44. The van der Waals surface area contributed by atoms with Crippen LogP contribution >= 0.6 is 24.0 Å². The topological polar surface area (TPSA) is 73.8 Å². The highest BCUT2D eigenvalue weighted by Gasteiger charge is 2.18. The van der Waals surface area contributed by atoms with Gasteiger partial charge in [0.25, 0.3) is 0 Å². The first-order valence-electron chi connectivity index (χ1n) is 8.01. The molecule has 0 bridgehead atoms. The van der Waals surface area contributed by atoms with Gasteiger partial charge in [-0.3, -0.25) is 4.99 Å². The number of rotatable bonds is 11. The summed E-state index contributed by atoms with van der Waals surface area (Å²) in [6, 6.07) is 0. The lowest BCUT2D eigenvalue weighted by Crippen LogP contribution is -2.42. The molecule has 0 saturated heterocycles. The maximum Gasteiger partial charge on any atom is 0.215 e. The summed E-state index contributed by atoms with van der Waals surface area (Å²) in [4.78, 5) is 4.44. The van der Waals surface area contributed by atoms with E-state index in [4.69, 9.17) is 0 Å². The highest BCUT2D eigenvalue weighted by Crippen LogP contribution is 1.99. The van der Waals surface area contributed by atoms with Gasteiger partial charge in [0.1, 0.15) is 0 Å². The van der Waals surface area contributed by atoms with E-state index in [9.17, 15) is 8.42 Å². The van der Waals surface area contributed by atoms with E-state index in [2.05, 4.69) is 22.5 Å². The first kappa shape index (κ1) is 24.2. The molecular weight excluding hydrogens is 415 g/mol. The Kier molecular flexibility index (Phi) is 15.9. The van der Waals surface area contributed by atoms with Crippen LogP contribution in [0.4, 0.5) is 0 Å². The summed E-state index contributed by atoms with van der Waals surface area (Å²) >= 11 is 0. The molecule has 8 heteroatoms. The predicted molar refractivity (Wildman–Crippen MR) is 106 cm³/mol. The van der Waals surface area contributed by atoms with Crippen LogP contribution in [0.3, 0.4) is 0 Å². The van der Waals surface area contributed by atoms with Crippen molar-refractivity contribution in [3.05, 3.63) is 0 Å². The van der Waals surface area contributed by atoms with Crippen molar-refractivity contribution in [2.45, 2.75) is 47.0 Å². The van der Waals surface area contributed by atoms with Gasteiger partial charge in [-0.2, -0.15) is 0 Å². The van der Waals surface area contributed by atoms with E-state index >= 15 is 0 Å². The number of unbranched alkanes of at least 4 members (excludes halogenated alkanes) is 2. The van der Waals surface area contributed by atoms with Gasteiger partial charge in [-0.15, -0.1) is 24.0 Å². The van der Waals surface area contributed by atoms with Crippen molar-refractivity contribution in [3.8, 4) is 0 Å². The molecule has 0 rings (SSSR count). The molecule has 0 aliphatic carbocycles. The fraction of sp³-hybridized carbons (Fsp3) is 0.929. The number of hydrogen-bond donors (Lipinski definition) is 2. The molecule has 0 radical (unpaired) electrons. The molecule has 0 aromatic carbocycles. The number of hydrogen-bond acceptors (Lipinski definition) is 3. The number of nitrogens with zero attached hydrogens (tertiary/aromatic N) is 2. The lowest BCUT2D eigenvalue weighted by atomic mass is 10.2. The Morgan fingerprint density at radius 3 is 2.18 bits per heavy atom. The molecule has 0 amide bonds. The summed E-state index contributed by atoms with van der Waals surface area (Å²) in [6.45, 7) is 10.8. The minimum Gasteiger partial charge on any atom is -0.357 e. The molecule has 0 spiro atoms. The zero-order chi connectivity index (χ0) is 16.1. The number of aliphatic imine (C=N–C) groups is 1. The first-order chi connectivity index (χ1) is 10.0. The summed E-state index contributed by atoms with van der Waals surface area (Å²) < 4.78 is 25.6. The lowest BCUT2D eigenvalue weighted by Gasteiger charge is -2.19. The van der Waals surface area contributed by atoms with Gasteiger partial charge in [-0.25, -0.2) is 12.7 Å². The number of nitrogens with one attached hydrogen (secondary N) is 2. The molecule has 2 N–H and O–H groups in total. The Hall–Kier alpha value is -0.0900. The van der Waals surface area contributed by atoms with Crippen LogP contribution in [0.1, 0.15) is 47.0 Å². The van der Waals surface area contributed by atoms with Crippen molar-refractivity contribution < 1.29 is 8.42 Å². The molecule has 22 heavy (non-hydrogen) atoms. The van der Waals surface area contributed by atoms with Gasteiger partial charge in [0, 0.05) is 32.7 Å². The van der Waals surface area contributed by atoms with Crippen molar-refractivity contribution in [3.63, 3.8) is 0 Å². The normalized spacial score (nSPS) is 12.1. The predicted octanol–water partition coefficient (Wildman–Crippen LogP) is 2.02. The minimum absolute atomic E-state index is 0. The van der Waals surface area contributed by atoms with Crippen LogP contribution in [0.15, 0.2) is 4.99 Å². The van der Waals surface area contributed by atoms with Crippen LogP contribution in [0.25, 0.3) is 0 Å². The fourth-order valence-electron chi connectivity index (χ4n) is 1.94. The summed E-state index contributed by atoms with van der Waals surface area (Å²) in [5, 5.41) is 6.22. The lowest BCUT2D eigenvalue weighted by molar-refractivity contribution is 0.445. The monoisotopic (exact) mass is 448 g/mol. The zero-order valence-corrected chi connectivity index (χ0v) is 17.5. The molecule has 134 valence electrons. The molecule has 0 aliphatic rings. The fourth-order valence-corrected chi connectivity index (χ4v) is 3.34. The Labute approximate surface area is 153 Å². The molecule has 0 aliphatic heterocycles. The molecule has 0 saturated carbocycles. The van der Waals surface area contributed by atoms with Gasteiger partial charge < -0.3 is 10.6 Å². The minimum atomic E-state index is -3.17. The van der Waals surface area contributed by atoms with E-state index in [1.54, 1.807) is 0 Å². The second-order valence-electron chi connectivity index (χ2n) is 4.79. The Morgan fingerprint density at radius 2 is 1.68 bits per heavy atom. The van der Waals surface area contributed by atoms with Gasteiger partial charge in [-0.1, -0.05) is 33.6 Å². The van der Waals surface area contributed by atoms with Crippen LogP contribution in [0.2, 0.25) is 0 Å². The second kappa shape index (κ2) is 14.5. The summed E-state index contributed by atoms with van der Waals surface area (Å²) in [7, 11) is -3.17. The third-order valence-electron chi connectivity index (χ3n) is 3.13. The third kappa shape index (κ3) is 10.6. The summed E-state index contributed by atoms with van der Waals surface area (Å²) in [5.74, 6) is 0.789. The Bertz CT molecular complexity index is 384. The van der Waals surface area contributed by atoms with Gasteiger partial charge in [0.05, 0.1) is 5.75 Å². The van der Waals surface area contributed by atoms with Crippen LogP contribution in [0, 0.1) is 0 Å². The summed E-state index contributed by atoms with van der Waals surface area (Å²) in [6.07, 6.45) is 3.39. The molecule has 0 aromatic rings. The van der Waals surface area contributed by atoms with Gasteiger partial charge >= 0.3 is 0 Å². The summed E-state index contributed by atoms with van der Waals surface area (Å²) in [5.41, 5.74) is 0. The molecule has 6 nitrogen and oxygen atoms in total. The quantitative estimate of drug-likeness (QED) is 0.220. The molecular formula is C14H33IN4O2S. The van der Waals surface area contributed by atoms with Crippen LogP contribution < -0.4 is 10.6 Å². The van der Waals surface area contributed by atoms with Crippen molar-refractivity contribution >= 4 is 40.0 Å².